The molecule has 1 aliphatic rings. The molecular formula is C23H24F2N6O4. The number of hydrogen-bond donors (Lipinski definition) is 1. The Morgan fingerprint density at radius 3 is 2.29 bits per heavy atom. The van der Waals surface area contributed by atoms with Gasteiger partial charge in [0.1, 0.15) is 5.69 Å². The zero-order chi connectivity index (χ0) is 25.3. The number of halogens is 2. The molecule has 2 aromatic carbocycles. The van der Waals surface area contributed by atoms with Crippen LogP contribution >= 0.6 is 0 Å². The summed E-state index contributed by atoms with van der Waals surface area (Å²) in [5.41, 5.74) is -1.21. The van der Waals surface area contributed by atoms with Gasteiger partial charge in [-0.05, 0) is 53.6 Å². The maximum Gasteiger partial charge on any atom is 0.377 e. The summed E-state index contributed by atoms with van der Waals surface area (Å²) >= 11 is 0. The van der Waals surface area contributed by atoms with E-state index in [1.165, 1.54) is 11.0 Å². The number of aromatic carboxylic acids is 1. The van der Waals surface area contributed by atoms with Crippen molar-refractivity contribution in [2.75, 3.05) is 23.9 Å². The molecule has 0 bridgehead atoms. The Labute approximate surface area is 199 Å². The summed E-state index contributed by atoms with van der Waals surface area (Å²) < 4.78 is 29.3. The Bertz CT molecular complexity index is 1310. The number of benzene rings is 2. The van der Waals surface area contributed by atoms with Gasteiger partial charge in [0.15, 0.2) is 11.6 Å². The van der Waals surface area contributed by atoms with Gasteiger partial charge in [-0.15, -0.1) is 4.68 Å². The highest BCUT2D eigenvalue weighted by molar-refractivity contribution is 5.99. The Balaban J connectivity index is 1.81. The van der Waals surface area contributed by atoms with E-state index >= 15 is 0 Å². The van der Waals surface area contributed by atoms with Crippen LogP contribution < -0.4 is 15.5 Å². The second-order valence-electron chi connectivity index (χ2n) is 8.50. The van der Waals surface area contributed by atoms with E-state index < -0.39 is 35.0 Å². The molecule has 0 aliphatic heterocycles. The smallest absolute Gasteiger partial charge is 0.377 e. The van der Waals surface area contributed by atoms with Gasteiger partial charge in [0.25, 0.3) is 0 Å². The van der Waals surface area contributed by atoms with Crippen molar-refractivity contribution in [3.8, 4) is 5.69 Å². The Kier molecular flexibility index (Phi) is 6.63. The minimum Gasteiger partial charge on any atom is -0.478 e. The highest BCUT2D eigenvalue weighted by Gasteiger charge is 2.32. The second kappa shape index (κ2) is 9.65. The molecule has 0 saturated heterocycles. The average molecular weight is 486 g/mol. The number of hydrogen-bond acceptors (Lipinski definition) is 6. The van der Waals surface area contributed by atoms with Crippen molar-refractivity contribution in [1.82, 2.24) is 19.8 Å². The van der Waals surface area contributed by atoms with Gasteiger partial charge in [-0.1, -0.05) is 25.3 Å². The first kappa shape index (κ1) is 24.0. The number of carboxylic acids is 1. The number of aromatic nitrogens is 4. The molecule has 1 aromatic heterocycles. The van der Waals surface area contributed by atoms with Crippen LogP contribution in [0.1, 0.15) is 42.5 Å². The van der Waals surface area contributed by atoms with Gasteiger partial charge in [-0.3, -0.25) is 4.90 Å². The summed E-state index contributed by atoms with van der Waals surface area (Å²) in [6, 6.07) is 6.38. The van der Waals surface area contributed by atoms with E-state index in [1.807, 2.05) is 0 Å². The van der Waals surface area contributed by atoms with Gasteiger partial charge < -0.3 is 10.0 Å². The molecule has 12 heteroatoms. The van der Waals surface area contributed by atoms with Crippen LogP contribution in [0.25, 0.3) is 5.69 Å². The third kappa shape index (κ3) is 4.51. The predicted octanol–water partition coefficient (Wildman–Crippen LogP) is 3.28. The molecule has 1 aliphatic carbocycles. The van der Waals surface area contributed by atoms with E-state index in [1.54, 1.807) is 31.1 Å². The molecule has 1 fully saturated rings. The largest absolute Gasteiger partial charge is 0.478 e. The molecule has 4 rings (SSSR count). The van der Waals surface area contributed by atoms with Gasteiger partial charge in [-0.25, -0.2) is 23.2 Å². The van der Waals surface area contributed by atoms with Crippen molar-refractivity contribution in [3.05, 3.63) is 64.1 Å². The fourth-order valence-corrected chi connectivity index (χ4v) is 4.35. The number of rotatable bonds is 5. The number of nitrogens with zero attached hydrogens (tertiary/aromatic N) is 6. The normalized spacial score (nSPS) is 14.1. The number of anilines is 2. The molecule has 0 atom stereocenters. The quantitative estimate of drug-likeness (QED) is 0.551. The number of carboxylic acid groups (broad SMARTS) is 1. The Hall–Kier alpha value is -4.09. The molecule has 0 unspecified atom stereocenters. The van der Waals surface area contributed by atoms with Crippen molar-refractivity contribution in [3.63, 3.8) is 0 Å². The second-order valence-corrected chi connectivity index (χ2v) is 8.50. The van der Waals surface area contributed by atoms with Crippen LogP contribution in [0.5, 0.6) is 0 Å². The molecule has 35 heavy (non-hydrogen) atoms. The fraction of sp³-hybridized carbons (Fsp3) is 0.348. The topological polar surface area (TPSA) is 114 Å². The van der Waals surface area contributed by atoms with E-state index in [0.717, 1.165) is 37.5 Å². The van der Waals surface area contributed by atoms with Crippen LogP contribution in [-0.2, 0) is 0 Å². The first-order valence-corrected chi connectivity index (χ1v) is 11.1. The lowest BCUT2D eigenvalue weighted by Gasteiger charge is -2.34. The van der Waals surface area contributed by atoms with E-state index in [0.29, 0.717) is 27.9 Å². The Morgan fingerprint density at radius 1 is 1.03 bits per heavy atom. The first-order valence-electron chi connectivity index (χ1n) is 11.1. The average Bonchev–Trinajstić information content (AvgIpc) is 3.20. The summed E-state index contributed by atoms with van der Waals surface area (Å²) in [5.74, 6) is -3.26. The SMILES string of the molecule is CN(C)c1ccc(N(C(=O)n2nnn(-c3c(F)cccc3F)c2=O)C2CCCCC2)cc1C(=O)O. The van der Waals surface area contributed by atoms with Crippen LogP contribution in [0, 0.1) is 11.6 Å². The maximum atomic E-state index is 14.2. The standard InChI is InChI=1S/C23H24F2N6O4/c1-28(2)19-12-11-15(13-16(19)21(32)33)29(14-7-4-3-5-8-14)22(34)31-23(35)30(26-27-31)20-17(24)9-6-10-18(20)25/h6,9-14H,3-5,7-8H2,1-2H3,(H,32,33). The van der Waals surface area contributed by atoms with Crippen molar-refractivity contribution in [2.45, 2.75) is 38.1 Å². The molecular weight excluding hydrogens is 462 g/mol. The third-order valence-electron chi connectivity index (χ3n) is 6.03. The molecule has 3 aromatic rings. The van der Waals surface area contributed by atoms with Crippen molar-refractivity contribution in [1.29, 1.82) is 0 Å². The van der Waals surface area contributed by atoms with E-state index in [-0.39, 0.29) is 17.3 Å². The summed E-state index contributed by atoms with van der Waals surface area (Å²) in [5, 5.41) is 16.8. The number of tetrazole rings is 1. The lowest BCUT2D eigenvalue weighted by molar-refractivity contribution is 0.0697. The minimum atomic E-state index is -1.18. The molecule has 1 saturated carbocycles. The number of para-hydroxylation sites is 1. The minimum absolute atomic E-state index is 0.0226. The maximum absolute atomic E-state index is 14.2. The zero-order valence-electron chi connectivity index (χ0n) is 19.2. The molecule has 0 radical (unpaired) electrons. The van der Waals surface area contributed by atoms with Crippen LogP contribution in [0.4, 0.5) is 25.0 Å². The first-order chi connectivity index (χ1) is 16.7. The lowest BCUT2D eigenvalue weighted by atomic mass is 9.93. The van der Waals surface area contributed by atoms with Crippen LogP contribution in [0.2, 0.25) is 0 Å². The predicted molar refractivity (Wildman–Crippen MR) is 123 cm³/mol. The van der Waals surface area contributed by atoms with Crippen LogP contribution in [0.3, 0.4) is 0 Å². The van der Waals surface area contributed by atoms with Crippen LogP contribution in [-0.4, -0.2) is 57.0 Å². The third-order valence-corrected chi connectivity index (χ3v) is 6.03. The zero-order valence-corrected chi connectivity index (χ0v) is 19.2. The lowest BCUT2D eigenvalue weighted by Crippen LogP contribution is -2.47. The summed E-state index contributed by atoms with van der Waals surface area (Å²) in [6.45, 7) is 0. The molecule has 1 N–H and O–H groups in total. The molecule has 1 amide bonds. The van der Waals surface area contributed by atoms with Gasteiger partial charge in [0.2, 0.25) is 0 Å². The van der Waals surface area contributed by atoms with Gasteiger partial charge >= 0.3 is 17.7 Å². The van der Waals surface area contributed by atoms with Gasteiger partial charge in [0.05, 0.1) is 11.3 Å². The molecule has 1 heterocycles. The van der Waals surface area contributed by atoms with E-state index in [4.69, 9.17) is 0 Å². The molecule has 0 spiro atoms. The van der Waals surface area contributed by atoms with E-state index in [9.17, 15) is 28.3 Å². The highest BCUT2D eigenvalue weighted by Crippen LogP contribution is 2.31. The number of amides is 1. The summed E-state index contributed by atoms with van der Waals surface area (Å²) in [7, 11) is 3.40. The number of carbonyl (C=O) groups excluding carboxylic acids is 1. The summed E-state index contributed by atoms with van der Waals surface area (Å²) in [4.78, 5) is 41.5. The number of carbonyl (C=O) groups is 2. The highest BCUT2D eigenvalue weighted by atomic mass is 19.1. The monoisotopic (exact) mass is 486 g/mol. The molecule has 184 valence electrons. The van der Waals surface area contributed by atoms with Crippen molar-refractivity contribution >= 4 is 23.4 Å². The molecule has 10 nitrogen and oxygen atoms in total. The van der Waals surface area contributed by atoms with Crippen molar-refractivity contribution < 1.29 is 23.5 Å². The van der Waals surface area contributed by atoms with Crippen molar-refractivity contribution in [2.24, 2.45) is 0 Å². The Morgan fingerprint density at radius 2 is 1.69 bits per heavy atom. The van der Waals surface area contributed by atoms with Gasteiger partial charge in [0, 0.05) is 25.8 Å². The van der Waals surface area contributed by atoms with Crippen LogP contribution in [0.15, 0.2) is 41.2 Å². The van der Waals surface area contributed by atoms with E-state index in [2.05, 4.69) is 10.4 Å². The fourth-order valence-electron chi connectivity index (χ4n) is 4.35. The van der Waals surface area contributed by atoms with Gasteiger partial charge in [-0.2, -0.15) is 4.68 Å². The summed E-state index contributed by atoms with van der Waals surface area (Å²) in [6.07, 6.45) is 3.94.